The fraction of sp³-hybridized carbons (Fsp3) is 0.533. The number of Topliss-reactive ketones (excluding diaryl/α,β-unsaturated/α-hetero) is 1. The molecule has 96 valence electrons. The molecule has 0 bridgehead atoms. The molecule has 0 saturated carbocycles. The lowest BCUT2D eigenvalue weighted by Crippen LogP contribution is -2.44. The predicted octanol–water partition coefficient (Wildman–Crippen LogP) is 1.71. The minimum absolute atomic E-state index is 0.0995. The van der Waals surface area contributed by atoms with E-state index in [1.165, 1.54) is 24.0 Å². The normalized spacial score (nSPS) is 23.9. The Morgan fingerprint density at radius 3 is 2.56 bits per heavy atom. The summed E-state index contributed by atoms with van der Waals surface area (Å²) in [5, 5.41) is 3.34. The fourth-order valence-corrected chi connectivity index (χ4v) is 2.97. The Balaban J connectivity index is 1.57. The highest BCUT2D eigenvalue weighted by atomic mass is 16.1. The summed E-state index contributed by atoms with van der Waals surface area (Å²) in [5.74, 6) is 0.363. The van der Waals surface area contributed by atoms with Crippen LogP contribution in [0.15, 0.2) is 24.3 Å². The van der Waals surface area contributed by atoms with Crippen LogP contribution in [0.4, 0.5) is 0 Å². The van der Waals surface area contributed by atoms with E-state index in [1.54, 1.807) is 0 Å². The van der Waals surface area contributed by atoms with E-state index in [-0.39, 0.29) is 6.04 Å². The molecule has 0 amide bonds. The Hall–Kier alpha value is -1.19. The molecule has 1 N–H and O–H groups in total. The molecule has 18 heavy (non-hydrogen) atoms. The van der Waals surface area contributed by atoms with Gasteiger partial charge in [0.2, 0.25) is 0 Å². The van der Waals surface area contributed by atoms with Crippen LogP contribution in [0.3, 0.4) is 0 Å². The molecule has 1 unspecified atom stereocenters. The molecular formula is C15H20N2O. The lowest BCUT2D eigenvalue weighted by molar-refractivity contribution is -0.122. The number of fused-ring (bicyclic) bond motifs is 1. The average molecular weight is 244 g/mol. The molecule has 3 nitrogen and oxygen atoms in total. The molecule has 2 aliphatic rings. The highest BCUT2D eigenvalue weighted by Crippen LogP contribution is 2.22. The summed E-state index contributed by atoms with van der Waals surface area (Å²) in [4.78, 5) is 14.5. The van der Waals surface area contributed by atoms with Crippen LogP contribution in [-0.2, 0) is 17.9 Å². The molecular weight excluding hydrogens is 224 g/mol. The summed E-state index contributed by atoms with van der Waals surface area (Å²) in [7, 11) is 0. The SMILES string of the molecule is O=C(CN1Cc2ccccc2C1)C1CCCCN1. The lowest BCUT2D eigenvalue weighted by atomic mass is 10.0. The largest absolute Gasteiger partial charge is 0.307 e. The third-order valence-electron chi connectivity index (χ3n) is 3.98. The van der Waals surface area contributed by atoms with E-state index in [0.717, 1.165) is 26.1 Å². The maximum Gasteiger partial charge on any atom is 0.163 e. The number of carbonyl (C=O) groups excluding carboxylic acids is 1. The average Bonchev–Trinajstić information content (AvgIpc) is 2.82. The van der Waals surface area contributed by atoms with Crippen molar-refractivity contribution in [2.75, 3.05) is 13.1 Å². The topological polar surface area (TPSA) is 32.3 Å². The number of carbonyl (C=O) groups is 1. The second-order valence-corrected chi connectivity index (χ2v) is 5.38. The van der Waals surface area contributed by atoms with E-state index in [1.807, 2.05) is 0 Å². The van der Waals surface area contributed by atoms with E-state index in [0.29, 0.717) is 12.3 Å². The molecule has 1 fully saturated rings. The lowest BCUT2D eigenvalue weighted by Gasteiger charge is -2.24. The van der Waals surface area contributed by atoms with Crippen LogP contribution in [0.25, 0.3) is 0 Å². The Kier molecular flexibility index (Phi) is 3.43. The fourth-order valence-electron chi connectivity index (χ4n) is 2.97. The third kappa shape index (κ3) is 2.47. The van der Waals surface area contributed by atoms with Crippen LogP contribution in [0.1, 0.15) is 30.4 Å². The molecule has 0 spiro atoms. The number of hydrogen-bond donors (Lipinski definition) is 1. The maximum atomic E-state index is 12.2. The van der Waals surface area contributed by atoms with Gasteiger partial charge in [-0.15, -0.1) is 0 Å². The van der Waals surface area contributed by atoms with Crippen molar-refractivity contribution in [2.45, 2.75) is 38.4 Å². The van der Waals surface area contributed by atoms with E-state index in [4.69, 9.17) is 0 Å². The van der Waals surface area contributed by atoms with Crippen LogP contribution < -0.4 is 5.32 Å². The minimum atomic E-state index is 0.0995. The van der Waals surface area contributed by atoms with Gasteiger partial charge in [-0.1, -0.05) is 30.7 Å². The second-order valence-electron chi connectivity index (χ2n) is 5.38. The standard InChI is InChI=1S/C15H20N2O/c18-15(14-7-3-4-8-16-14)11-17-9-12-5-1-2-6-13(12)10-17/h1-2,5-6,14,16H,3-4,7-11H2. The predicted molar refractivity (Wildman–Crippen MR) is 71.2 cm³/mol. The van der Waals surface area contributed by atoms with Crippen molar-refractivity contribution in [3.05, 3.63) is 35.4 Å². The van der Waals surface area contributed by atoms with Crippen molar-refractivity contribution in [3.8, 4) is 0 Å². The Bertz CT molecular complexity index is 413. The Morgan fingerprint density at radius 1 is 1.22 bits per heavy atom. The second kappa shape index (κ2) is 5.21. The molecule has 0 aliphatic carbocycles. The van der Waals surface area contributed by atoms with Crippen LogP contribution in [0.2, 0.25) is 0 Å². The van der Waals surface area contributed by atoms with Gasteiger partial charge >= 0.3 is 0 Å². The van der Waals surface area contributed by atoms with Crippen LogP contribution in [-0.4, -0.2) is 29.8 Å². The summed E-state index contributed by atoms with van der Waals surface area (Å²) < 4.78 is 0. The molecule has 3 heteroatoms. The summed E-state index contributed by atoms with van der Waals surface area (Å²) >= 11 is 0. The smallest absolute Gasteiger partial charge is 0.163 e. The molecule has 3 rings (SSSR count). The van der Waals surface area contributed by atoms with Crippen molar-refractivity contribution in [1.82, 2.24) is 10.2 Å². The van der Waals surface area contributed by atoms with Crippen LogP contribution in [0, 0.1) is 0 Å². The summed E-state index contributed by atoms with van der Waals surface area (Å²) in [6.07, 6.45) is 3.40. The van der Waals surface area contributed by atoms with E-state index in [9.17, 15) is 4.79 Å². The van der Waals surface area contributed by atoms with Crippen molar-refractivity contribution >= 4 is 5.78 Å². The van der Waals surface area contributed by atoms with E-state index < -0.39 is 0 Å². The number of ketones is 1. The van der Waals surface area contributed by atoms with Gasteiger partial charge in [-0.05, 0) is 30.5 Å². The van der Waals surface area contributed by atoms with Gasteiger partial charge in [0, 0.05) is 13.1 Å². The summed E-state index contributed by atoms with van der Waals surface area (Å²) in [6, 6.07) is 8.58. The Morgan fingerprint density at radius 2 is 1.94 bits per heavy atom. The minimum Gasteiger partial charge on any atom is -0.307 e. The molecule has 2 heterocycles. The molecule has 0 radical (unpaired) electrons. The number of nitrogens with one attached hydrogen (secondary N) is 1. The summed E-state index contributed by atoms with van der Waals surface area (Å²) in [6.45, 7) is 3.44. The zero-order chi connectivity index (χ0) is 12.4. The van der Waals surface area contributed by atoms with E-state index in [2.05, 4.69) is 34.5 Å². The number of benzene rings is 1. The monoisotopic (exact) mass is 244 g/mol. The number of hydrogen-bond acceptors (Lipinski definition) is 3. The van der Waals surface area contributed by atoms with Crippen molar-refractivity contribution in [2.24, 2.45) is 0 Å². The summed E-state index contributed by atoms with van der Waals surface area (Å²) in [5.41, 5.74) is 2.75. The first-order valence-corrected chi connectivity index (χ1v) is 6.88. The van der Waals surface area contributed by atoms with E-state index >= 15 is 0 Å². The Labute approximate surface area is 108 Å². The van der Waals surface area contributed by atoms with Crippen molar-refractivity contribution < 1.29 is 4.79 Å². The molecule has 1 atom stereocenters. The highest BCUT2D eigenvalue weighted by molar-refractivity contribution is 5.86. The van der Waals surface area contributed by atoms with Gasteiger partial charge in [0.1, 0.15) is 0 Å². The number of rotatable bonds is 3. The van der Waals surface area contributed by atoms with Gasteiger partial charge in [0.25, 0.3) is 0 Å². The number of piperidine rings is 1. The first kappa shape index (κ1) is 11.9. The van der Waals surface area contributed by atoms with Crippen molar-refractivity contribution in [3.63, 3.8) is 0 Å². The zero-order valence-electron chi connectivity index (χ0n) is 10.7. The highest BCUT2D eigenvalue weighted by Gasteiger charge is 2.25. The van der Waals surface area contributed by atoms with Gasteiger partial charge in [-0.3, -0.25) is 9.69 Å². The first-order valence-electron chi connectivity index (χ1n) is 6.88. The molecule has 1 saturated heterocycles. The first-order chi connectivity index (χ1) is 8.83. The van der Waals surface area contributed by atoms with Crippen molar-refractivity contribution in [1.29, 1.82) is 0 Å². The van der Waals surface area contributed by atoms with Gasteiger partial charge < -0.3 is 5.32 Å². The maximum absolute atomic E-state index is 12.2. The third-order valence-corrected chi connectivity index (χ3v) is 3.98. The molecule has 2 aliphatic heterocycles. The van der Waals surface area contributed by atoms with Gasteiger partial charge in [-0.2, -0.15) is 0 Å². The zero-order valence-corrected chi connectivity index (χ0v) is 10.7. The van der Waals surface area contributed by atoms with Crippen LogP contribution in [0.5, 0.6) is 0 Å². The van der Waals surface area contributed by atoms with Gasteiger partial charge in [0.05, 0.1) is 12.6 Å². The van der Waals surface area contributed by atoms with Crippen LogP contribution >= 0.6 is 0 Å². The molecule has 0 aromatic heterocycles. The number of nitrogens with zero attached hydrogens (tertiary/aromatic N) is 1. The quantitative estimate of drug-likeness (QED) is 0.878. The molecule has 1 aromatic carbocycles. The van der Waals surface area contributed by atoms with Gasteiger partial charge in [0.15, 0.2) is 5.78 Å². The molecule has 1 aromatic rings. The van der Waals surface area contributed by atoms with Gasteiger partial charge in [-0.25, -0.2) is 0 Å².